The SMILES string of the molecule is CCN=C(N)CC1CN(C)CCN1C. The Kier molecular flexibility index (Phi) is 4.35. The zero-order valence-corrected chi connectivity index (χ0v) is 9.53. The molecule has 1 fully saturated rings. The van der Waals surface area contributed by atoms with Crippen LogP contribution in [0.4, 0.5) is 0 Å². The van der Waals surface area contributed by atoms with Crippen LogP contribution in [-0.4, -0.2) is 62.0 Å². The number of nitrogens with two attached hydrogens (primary N) is 1. The molecule has 0 aromatic carbocycles. The Bertz CT molecular complexity index is 202. The van der Waals surface area contributed by atoms with Crippen LogP contribution in [0.5, 0.6) is 0 Å². The fraction of sp³-hybridized carbons (Fsp3) is 0.900. The Balaban J connectivity index is 2.45. The number of nitrogens with zero attached hydrogens (tertiary/aromatic N) is 3. The quantitative estimate of drug-likeness (QED) is 0.513. The highest BCUT2D eigenvalue weighted by Crippen LogP contribution is 2.09. The second-order valence-corrected chi connectivity index (χ2v) is 4.07. The Labute approximate surface area is 86.8 Å². The van der Waals surface area contributed by atoms with Gasteiger partial charge >= 0.3 is 0 Å². The van der Waals surface area contributed by atoms with Crippen molar-refractivity contribution in [2.45, 2.75) is 19.4 Å². The molecule has 82 valence electrons. The number of rotatable bonds is 3. The number of piperazine rings is 1. The molecule has 0 bridgehead atoms. The molecule has 1 unspecified atom stereocenters. The molecule has 0 aromatic rings. The van der Waals surface area contributed by atoms with Crippen molar-refractivity contribution in [2.75, 3.05) is 40.3 Å². The normalized spacial score (nSPS) is 26.8. The molecule has 1 aliphatic rings. The lowest BCUT2D eigenvalue weighted by atomic mass is 10.1. The monoisotopic (exact) mass is 198 g/mol. The second-order valence-electron chi connectivity index (χ2n) is 4.07. The number of hydrogen-bond donors (Lipinski definition) is 1. The van der Waals surface area contributed by atoms with Crippen LogP contribution in [0.3, 0.4) is 0 Å². The zero-order chi connectivity index (χ0) is 10.6. The van der Waals surface area contributed by atoms with E-state index in [2.05, 4.69) is 28.9 Å². The summed E-state index contributed by atoms with van der Waals surface area (Å²) in [4.78, 5) is 8.95. The molecule has 0 spiro atoms. The Morgan fingerprint density at radius 2 is 2.14 bits per heavy atom. The molecule has 0 amide bonds. The smallest absolute Gasteiger partial charge is 0.0953 e. The lowest BCUT2D eigenvalue weighted by molar-refractivity contribution is 0.118. The second kappa shape index (κ2) is 5.32. The zero-order valence-electron chi connectivity index (χ0n) is 9.53. The highest BCUT2D eigenvalue weighted by molar-refractivity contribution is 5.80. The van der Waals surface area contributed by atoms with E-state index < -0.39 is 0 Å². The predicted octanol–water partition coefficient (Wildman–Crippen LogP) is -0.000600. The Morgan fingerprint density at radius 3 is 2.79 bits per heavy atom. The summed E-state index contributed by atoms with van der Waals surface area (Å²) >= 11 is 0. The molecule has 1 atom stereocenters. The molecule has 4 nitrogen and oxygen atoms in total. The van der Waals surface area contributed by atoms with Crippen molar-refractivity contribution in [1.29, 1.82) is 0 Å². The highest BCUT2D eigenvalue weighted by Gasteiger charge is 2.22. The first-order valence-corrected chi connectivity index (χ1v) is 5.31. The first kappa shape index (κ1) is 11.5. The summed E-state index contributed by atoms with van der Waals surface area (Å²) in [7, 11) is 4.32. The fourth-order valence-corrected chi connectivity index (χ4v) is 1.83. The van der Waals surface area contributed by atoms with Crippen molar-refractivity contribution in [3.8, 4) is 0 Å². The van der Waals surface area contributed by atoms with Gasteiger partial charge in [-0.2, -0.15) is 0 Å². The minimum absolute atomic E-state index is 0.532. The predicted molar refractivity (Wildman–Crippen MR) is 60.7 cm³/mol. The molecule has 1 aliphatic heterocycles. The van der Waals surface area contributed by atoms with E-state index in [0.717, 1.165) is 38.4 Å². The largest absolute Gasteiger partial charge is 0.387 e. The summed E-state index contributed by atoms with van der Waals surface area (Å²) < 4.78 is 0. The molecular formula is C10H22N4. The minimum atomic E-state index is 0.532. The summed E-state index contributed by atoms with van der Waals surface area (Å²) in [5, 5.41) is 0. The first-order chi connectivity index (χ1) is 6.63. The van der Waals surface area contributed by atoms with Crippen molar-refractivity contribution in [1.82, 2.24) is 9.80 Å². The van der Waals surface area contributed by atoms with Crippen molar-refractivity contribution >= 4 is 5.84 Å². The fourth-order valence-electron chi connectivity index (χ4n) is 1.83. The van der Waals surface area contributed by atoms with Crippen LogP contribution in [0.25, 0.3) is 0 Å². The van der Waals surface area contributed by atoms with Gasteiger partial charge in [-0.25, -0.2) is 0 Å². The maximum Gasteiger partial charge on any atom is 0.0953 e. The number of likely N-dealkylation sites (N-methyl/N-ethyl adjacent to an activating group) is 2. The van der Waals surface area contributed by atoms with Crippen molar-refractivity contribution in [2.24, 2.45) is 10.7 Å². The van der Waals surface area contributed by atoms with Gasteiger partial charge in [0.05, 0.1) is 5.84 Å². The molecule has 14 heavy (non-hydrogen) atoms. The minimum Gasteiger partial charge on any atom is -0.387 e. The maximum absolute atomic E-state index is 5.83. The van der Waals surface area contributed by atoms with Crippen LogP contribution < -0.4 is 5.73 Å². The van der Waals surface area contributed by atoms with E-state index in [1.807, 2.05) is 6.92 Å². The van der Waals surface area contributed by atoms with Crippen LogP contribution in [0, 0.1) is 0 Å². The van der Waals surface area contributed by atoms with Crippen molar-refractivity contribution in [3.05, 3.63) is 0 Å². The van der Waals surface area contributed by atoms with E-state index in [-0.39, 0.29) is 0 Å². The van der Waals surface area contributed by atoms with Crippen molar-refractivity contribution < 1.29 is 0 Å². The molecule has 2 N–H and O–H groups in total. The molecule has 1 saturated heterocycles. The van der Waals surface area contributed by atoms with Gasteiger partial charge in [-0.05, 0) is 21.0 Å². The average Bonchev–Trinajstić information content (AvgIpc) is 2.12. The average molecular weight is 198 g/mol. The van der Waals surface area contributed by atoms with Gasteiger partial charge in [-0.3, -0.25) is 4.99 Å². The van der Waals surface area contributed by atoms with Gasteiger partial charge in [0.15, 0.2) is 0 Å². The molecule has 1 heterocycles. The molecule has 1 rings (SSSR count). The summed E-state index contributed by atoms with van der Waals surface area (Å²) in [6.07, 6.45) is 0.898. The highest BCUT2D eigenvalue weighted by atomic mass is 15.3. The van der Waals surface area contributed by atoms with Gasteiger partial charge in [0.2, 0.25) is 0 Å². The lowest BCUT2D eigenvalue weighted by Gasteiger charge is -2.37. The molecule has 4 heteroatoms. The van der Waals surface area contributed by atoms with E-state index in [4.69, 9.17) is 5.73 Å². The van der Waals surface area contributed by atoms with E-state index in [0.29, 0.717) is 6.04 Å². The number of hydrogen-bond acceptors (Lipinski definition) is 3. The summed E-state index contributed by atoms with van der Waals surface area (Å²) in [5.74, 6) is 0.791. The van der Waals surface area contributed by atoms with Crippen LogP contribution in [0.1, 0.15) is 13.3 Å². The first-order valence-electron chi connectivity index (χ1n) is 5.31. The van der Waals surface area contributed by atoms with Gasteiger partial charge in [0.1, 0.15) is 0 Å². The maximum atomic E-state index is 5.83. The molecule has 0 aromatic heterocycles. The number of amidine groups is 1. The summed E-state index contributed by atoms with van der Waals surface area (Å²) in [5.41, 5.74) is 5.83. The van der Waals surface area contributed by atoms with E-state index in [9.17, 15) is 0 Å². The van der Waals surface area contributed by atoms with Crippen LogP contribution in [0.15, 0.2) is 4.99 Å². The Hall–Kier alpha value is -0.610. The molecule has 0 aliphatic carbocycles. The van der Waals surface area contributed by atoms with Gasteiger partial charge < -0.3 is 15.5 Å². The van der Waals surface area contributed by atoms with Gasteiger partial charge in [0.25, 0.3) is 0 Å². The third-order valence-corrected chi connectivity index (χ3v) is 2.79. The summed E-state index contributed by atoms with van der Waals surface area (Å²) in [6.45, 7) is 6.18. The molecular weight excluding hydrogens is 176 g/mol. The lowest BCUT2D eigenvalue weighted by Crippen LogP contribution is -2.51. The van der Waals surface area contributed by atoms with Crippen LogP contribution >= 0.6 is 0 Å². The van der Waals surface area contributed by atoms with Crippen molar-refractivity contribution in [3.63, 3.8) is 0 Å². The van der Waals surface area contributed by atoms with Gasteiger partial charge in [-0.15, -0.1) is 0 Å². The van der Waals surface area contributed by atoms with Gasteiger partial charge in [-0.1, -0.05) is 0 Å². The van der Waals surface area contributed by atoms with E-state index >= 15 is 0 Å². The topological polar surface area (TPSA) is 44.9 Å². The molecule has 0 saturated carbocycles. The third kappa shape index (κ3) is 3.27. The van der Waals surface area contributed by atoms with Crippen LogP contribution in [0.2, 0.25) is 0 Å². The summed E-state index contributed by atoms with van der Waals surface area (Å²) in [6, 6.07) is 0.532. The standard InChI is InChI=1S/C10H22N4/c1-4-12-10(11)7-9-8-13(2)5-6-14(9)3/h9H,4-8H2,1-3H3,(H2,11,12). The van der Waals surface area contributed by atoms with Gasteiger partial charge in [0, 0.05) is 38.6 Å². The molecule has 0 radical (unpaired) electrons. The van der Waals surface area contributed by atoms with Crippen LogP contribution in [-0.2, 0) is 0 Å². The van der Waals surface area contributed by atoms with E-state index in [1.165, 1.54) is 0 Å². The third-order valence-electron chi connectivity index (χ3n) is 2.79. The Morgan fingerprint density at radius 1 is 1.43 bits per heavy atom. The number of aliphatic imine (C=N–C) groups is 1. The van der Waals surface area contributed by atoms with E-state index in [1.54, 1.807) is 0 Å².